The first-order valence-corrected chi connectivity index (χ1v) is 13.7. The lowest BCUT2D eigenvalue weighted by Crippen LogP contribution is -2.41. The smallest absolute Gasteiger partial charge is 0.326 e. The van der Waals surface area contributed by atoms with Crippen molar-refractivity contribution in [1.29, 1.82) is 0 Å². The number of alkyl halides is 1. The summed E-state index contributed by atoms with van der Waals surface area (Å²) in [5, 5.41) is 10.2. The lowest BCUT2D eigenvalue weighted by molar-refractivity contribution is -0.141. The zero-order valence-electron chi connectivity index (χ0n) is 21.5. The highest BCUT2D eigenvalue weighted by Crippen LogP contribution is 2.45. The van der Waals surface area contributed by atoms with Gasteiger partial charge >= 0.3 is 5.97 Å². The molecule has 2 heterocycles. The van der Waals surface area contributed by atoms with Crippen LogP contribution in [-0.2, 0) is 11.3 Å². The van der Waals surface area contributed by atoms with Gasteiger partial charge in [0.15, 0.2) is 0 Å². The Labute approximate surface area is 226 Å². The van der Waals surface area contributed by atoms with Gasteiger partial charge in [0, 0.05) is 24.1 Å². The van der Waals surface area contributed by atoms with Crippen molar-refractivity contribution in [2.24, 2.45) is 5.92 Å². The van der Waals surface area contributed by atoms with Crippen molar-refractivity contribution in [2.45, 2.75) is 63.7 Å². The number of aliphatic carboxylic acids is 1. The summed E-state index contributed by atoms with van der Waals surface area (Å²) in [5.74, 6) is -1.89. The third kappa shape index (κ3) is 5.96. The molecule has 6 nitrogen and oxygen atoms in total. The fraction of sp³-hybridized carbons (Fsp3) is 0.517. The Balaban J connectivity index is 1.22. The molecule has 2 aliphatic heterocycles. The van der Waals surface area contributed by atoms with E-state index in [1.807, 2.05) is 12.1 Å². The Hall–Kier alpha value is -2.71. The number of halogens is 3. The zero-order valence-corrected chi connectivity index (χ0v) is 22.2. The van der Waals surface area contributed by atoms with E-state index in [1.54, 1.807) is 0 Å². The summed E-state index contributed by atoms with van der Waals surface area (Å²) in [4.78, 5) is 27.9. The lowest BCUT2D eigenvalue weighted by Gasteiger charge is -2.32. The Bertz CT molecular complexity index is 1210. The molecule has 38 heavy (non-hydrogen) atoms. The molecular weight excluding hydrogens is 514 g/mol. The number of carbonyl (C=O) groups is 2. The summed E-state index contributed by atoms with van der Waals surface area (Å²) in [6.45, 7) is 4.83. The average Bonchev–Trinajstić information content (AvgIpc) is 3.65. The first-order valence-electron chi connectivity index (χ1n) is 13.3. The number of piperidine rings is 1. The van der Waals surface area contributed by atoms with E-state index in [9.17, 15) is 19.1 Å². The third-order valence-corrected chi connectivity index (χ3v) is 8.29. The number of amides is 1. The molecule has 0 unspecified atom stereocenters. The molecule has 1 saturated carbocycles. The summed E-state index contributed by atoms with van der Waals surface area (Å²) in [6.07, 6.45) is 2.03. The van der Waals surface area contributed by atoms with Gasteiger partial charge in [-0.15, -0.1) is 0 Å². The topological polar surface area (TPSA) is 70.1 Å². The molecule has 0 bridgehead atoms. The minimum Gasteiger partial charge on any atom is -0.493 e. The average molecular weight is 547 g/mol. The van der Waals surface area contributed by atoms with Crippen LogP contribution in [0.4, 0.5) is 8.78 Å². The second-order valence-corrected chi connectivity index (χ2v) is 11.3. The molecule has 1 N–H and O–H groups in total. The number of likely N-dealkylation sites (tertiary alicyclic amines) is 2. The second kappa shape index (κ2) is 11.2. The van der Waals surface area contributed by atoms with Crippen molar-refractivity contribution in [3.8, 4) is 5.75 Å². The minimum absolute atomic E-state index is 0.181. The molecule has 5 rings (SSSR count). The molecular formula is C29H33ClF2N2O4. The number of hydrogen-bond donors (Lipinski definition) is 1. The molecule has 1 aliphatic carbocycles. The summed E-state index contributed by atoms with van der Waals surface area (Å²) < 4.78 is 35.2. The van der Waals surface area contributed by atoms with Crippen molar-refractivity contribution >= 4 is 23.5 Å². The van der Waals surface area contributed by atoms with Gasteiger partial charge in [-0.05, 0) is 80.8 Å². The highest BCUT2D eigenvalue weighted by atomic mass is 35.5. The van der Waals surface area contributed by atoms with Gasteiger partial charge in [0.25, 0.3) is 5.91 Å². The molecule has 2 saturated heterocycles. The fourth-order valence-corrected chi connectivity index (χ4v) is 5.73. The number of benzene rings is 2. The van der Waals surface area contributed by atoms with Crippen LogP contribution in [0.25, 0.3) is 0 Å². The first kappa shape index (κ1) is 26.9. The number of aryl methyl sites for hydroxylation is 1. The van der Waals surface area contributed by atoms with E-state index in [2.05, 4.69) is 17.9 Å². The highest BCUT2D eigenvalue weighted by Gasteiger charge is 2.41. The van der Waals surface area contributed by atoms with Crippen LogP contribution < -0.4 is 4.74 Å². The summed E-state index contributed by atoms with van der Waals surface area (Å²) >= 11 is 6.37. The van der Waals surface area contributed by atoms with Crippen molar-refractivity contribution in [3.05, 3.63) is 63.4 Å². The fourth-order valence-electron chi connectivity index (χ4n) is 5.56. The van der Waals surface area contributed by atoms with Gasteiger partial charge < -0.3 is 14.7 Å². The van der Waals surface area contributed by atoms with E-state index in [1.165, 1.54) is 17.7 Å². The molecule has 1 amide bonds. The molecule has 9 heteroatoms. The molecule has 204 valence electrons. The third-order valence-electron chi connectivity index (χ3n) is 7.92. The number of rotatable bonds is 8. The van der Waals surface area contributed by atoms with Crippen molar-refractivity contribution in [3.63, 3.8) is 0 Å². The lowest BCUT2D eigenvalue weighted by atomic mass is 9.97. The Morgan fingerprint density at radius 1 is 1.13 bits per heavy atom. The van der Waals surface area contributed by atoms with E-state index in [0.29, 0.717) is 18.3 Å². The highest BCUT2D eigenvalue weighted by molar-refractivity contribution is 6.31. The van der Waals surface area contributed by atoms with Gasteiger partial charge in [-0.25, -0.2) is 13.6 Å². The summed E-state index contributed by atoms with van der Waals surface area (Å²) in [6, 6.07) is 7.52. The first-order chi connectivity index (χ1) is 18.2. The zero-order chi connectivity index (χ0) is 27.0. The van der Waals surface area contributed by atoms with E-state index >= 15 is 4.39 Å². The number of hydrogen-bond acceptors (Lipinski definition) is 4. The normalized spacial score (nSPS) is 22.6. The number of ether oxygens (including phenoxy) is 1. The van der Waals surface area contributed by atoms with Crippen molar-refractivity contribution in [2.75, 3.05) is 26.2 Å². The van der Waals surface area contributed by atoms with Gasteiger partial charge in [-0.1, -0.05) is 29.3 Å². The number of nitrogens with zero attached hydrogens (tertiary/aromatic N) is 2. The van der Waals surface area contributed by atoms with E-state index in [-0.39, 0.29) is 24.4 Å². The number of carboxylic acids is 1. The van der Waals surface area contributed by atoms with Crippen LogP contribution in [0.5, 0.6) is 5.75 Å². The van der Waals surface area contributed by atoms with E-state index in [4.69, 9.17) is 16.3 Å². The molecule has 2 atom stereocenters. The predicted molar refractivity (Wildman–Crippen MR) is 140 cm³/mol. The molecule has 0 spiro atoms. The quantitative estimate of drug-likeness (QED) is 0.467. The van der Waals surface area contributed by atoms with Crippen LogP contribution in [0.3, 0.4) is 0 Å². The van der Waals surface area contributed by atoms with E-state index < -0.39 is 29.9 Å². The largest absolute Gasteiger partial charge is 0.493 e. The van der Waals surface area contributed by atoms with Crippen molar-refractivity contribution < 1.29 is 28.2 Å². The van der Waals surface area contributed by atoms with Gasteiger partial charge in [0.2, 0.25) is 0 Å². The van der Waals surface area contributed by atoms with Crippen LogP contribution in [-0.4, -0.2) is 65.2 Å². The van der Waals surface area contributed by atoms with Crippen LogP contribution in [0.1, 0.15) is 65.1 Å². The van der Waals surface area contributed by atoms with Crippen LogP contribution in [0.15, 0.2) is 30.3 Å². The standard InChI is InChI=1S/C29H33ClF2N2O4/c1-17-2-5-24(30)20(10-17)14-33-8-6-18(7-9-33)16-38-27-13-25(32)23(12-22(27)19-3-4-19)28(35)34-15-21(31)11-26(34)29(36)37/h2,5,10,12-13,18-19,21,26H,3-4,6-9,11,14-16H2,1H3,(H,36,37)/t21-,26+/m1/s1. The van der Waals surface area contributed by atoms with Gasteiger partial charge in [0.1, 0.15) is 23.8 Å². The maximum Gasteiger partial charge on any atom is 0.326 e. The molecule has 2 aromatic carbocycles. The summed E-state index contributed by atoms with van der Waals surface area (Å²) in [7, 11) is 0. The summed E-state index contributed by atoms with van der Waals surface area (Å²) in [5.41, 5.74) is 2.87. The van der Waals surface area contributed by atoms with Gasteiger partial charge in [0.05, 0.1) is 18.7 Å². The van der Waals surface area contributed by atoms with Crippen LogP contribution >= 0.6 is 11.6 Å². The SMILES string of the molecule is Cc1ccc(Cl)c(CN2CCC(COc3cc(F)c(C(=O)N4C[C@H](F)C[C@H]4C(=O)O)cc3C3CC3)CC2)c1. The molecule has 0 aromatic heterocycles. The molecule has 0 radical (unpaired) electrons. The minimum atomic E-state index is -1.44. The molecule has 2 aromatic rings. The monoisotopic (exact) mass is 546 g/mol. The maximum absolute atomic E-state index is 15.1. The van der Waals surface area contributed by atoms with E-state index in [0.717, 1.165) is 66.4 Å². The molecule has 3 fully saturated rings. The van der Waals surface area contributed by atoms with Crippen molar-refractivity contribution in [1.82, 2.24) is 9.80 Å². The Morgan fingerprint density at radius 3 is 2.55 bits per heavy atom. The second-order valence-electron chi connectivity index (χ2n) is 10.9. The molecule has 3 aliphatic rings. The predicted octanol–water partition coefficient (Wildman–Crippen LogP) is 5.59. The Kier molecular flexibility index (Phi) is 7.91. The maximum atomic E-state index is 15.1. The van der Waals surface area contributed by atoms with Crippen LogP contribution in [0.2, 0.25) is 5.02 Å². The Morgan fingerprint density at radius 2 is 1.87 bits per heavy atom. The van der Waals surface area contributed by atoms with Gasteiger partial charge in [-0.3, -0.25) is 9.69 Å². The number of carbonyl (C=O) groups excluding carboxylic acids is 1. The van der Waals surface area contributed by atoms with Gasteiger partial charge in [-0.2, -0.15) is 0 Å². The van der Waals surface area contributed by atoms with Crippen LogP contribution in [0, 0.1) is 18.7 Å². The number of carboxylic acid groups (broad SMARTS) is 1.